The van der Waals surface area contributed by atoms with Crippen LogP contribution < -0.4 is 20.3 Å². The van der Waals surface area contributed by atoms with Crippen molar-refractivity contribution >= 4 is 28.5 Å². The van der Waals surface area contributed by atoms with Gasteiger partial charge in [0.1, 0.15) is 17.5 Å². The molecule has 2 saturated heterocycles. The van der Waals surface area contributed by atoms with Gasteiger partial charge in [0, 0.05) is 79.2 Å². The topological polar surface area (TPSA) is 134 Å². The molecule has 49 heavy (non-hydrogen) atoms. The van der Waals surface area contributed by atoms with Crippen LogP contribution in [0.15, 0.2) is 53.6 Å². The molecule has 0 bridgehead atoms. The summed E-state index contributed by atoms with van der Waals surface area (Å²) in [7, 11) is 3.31. The smallest absolute Gasteiger partial charge is 0.257 e. The average molecular weight is 658 g/mol. The third kappa shape index (κ3) is 5.72. The zero-order chi connectivity index (χ0) is 33.8. The second-order valence-corrected chi connectivity index (χ2v) is 13.3. The van der Waals surface area contributed by atoms with Crippen LogP contribution in [0.5, 0.6) is 11.5 Å². The van der Waals surface area contributed by atoms with Crippen LogP contribution in [-0.2, 0) is 22.7 Å². The number of ether oxygens (including phenoxy) is 2. The summed E-state index contributed by atoms with van der Waals surface area (Å²) in [6.45, 7) is 2.53. The Morgan fingerprint density at radius 2 is 1.71 bits per heavy atom. The molecule has 2 N–H and O–H groups in total. The maximum absolute atomic E-state index is 13.0. The molecule has 11 nitrogen and oxygen atoms in total. The van der Waals surface area contributed by atoms with Gasteiger partial charge in [-0.05, 0) is 72.2 Å². The molecule has 1 unspecified atom stereocenters. The molecular weight excluding hydrogens is 622 g/mol. The lowest BCUT2D eigenvalue weighted by molar-refractivity contribution is -0.136. The summed E-state index contributed by atoms with van der Waals surface area (Å²) in [5.41, 5.74) is 5.82. The van der Waals surface area contributed by atoms with E-state index in [0.29, 0.717) is 47.9 Å². The predicted molar refractivity (Wildman–Crippen MR) is 181 cm³/mol. The van der Waals surface area contributed by atoms with Crippen molar-refractivity contribution in [1.82, 2.24) is 25.1 Å². The molecule has 1 aliphatic carbocycles. The molecule has 248 valence electrons. The summed E-state index contributed by atoms with van der Waals surface area (Å²) in [6.07, 6.45) is 6.24. The van der Waals surface area contributed by atoms with Gasteiger partial charge in [0.2, 0.25) is 11.8 Å². The van der Waals surface area contributed by atoms with Crippen molar-refractivity contribution in [3.63, 3.8) is 0 Å². The second kappa shape index (κ2) is 12.2. The Labute approximate surface area is 282 Å². The monoisotopic (exact) mass is 657 g/mol. The van der Waals surface area contributed by atoms with E-state index in [2.05, 4.69) is 32.0 Å². The maximum Gasteiger partial charge on any atom is 0.257 e. The predicted octanol–water partition coefficient (Wildman–Crippen LogP) is 3.73. The van der Waals surface area contributed by atoms with E-state index in [0.717, 1.165) is 64.8 Å². The molecule has 8 rings (SSSR count). The Balaban J connectivity index is 0.958. The number of piperidine rings is 1. The number of hydrogen-bond donors (Lipinski definition) is 2. The van der Waals surface area contributed by atoms with Crippen molar-refractivity contribution in [1.29, 1.82) is 0 Å². The largest absolute Gasteiger partial charge is 0.496 e. The van der Waals surface area contributed by atoms with Crippen molar-refractivity contribution < 1.29 is 23.9 Å². The summed E-state index contributed by atoms with van der Waals surface area (Å²) in [5.74, 6) is 7.81. The van der Waals surface area contributed by atoms with Crippen LogP contribution in [0.25, 0.3) is 21.9 Å². The minimum atomic E-state index is -0.636. The molecule has 4 aromatic rings. The van der Waals surface area contributed by atoms with Crippen molar-refractivity contribution in [2.45, 2.75) is 50.7 Å². The van der Waals surface area contributed by atoms with Gasteiger partial charge in [-0.25, -0.2) is 0 Å². The summed E-state index contributed by atoms with van der Waals surface area (Å²) < 4.78 is 11.8. The summed E-state index contributed by atoms with van der Waals surface area (Å²) >= 11 is 0. The number of H-pyrrole nitrogens is 1. The Hall–Kier alpha value is -5.47. The fraction of sp³-hybridized carbons (Fsp3) is 0.342. The van der Waals surface area contributed by atoms with E-state index < -0.39 is 11.9 Å². The molecule has 2 aromatic carbocycles. The molecule has 4 aliphatic rings. The van der Waals surface area contributed by atoms with Gasteiger partial charge in [0.25, 0.3) is 11.5 Å². The number of rotatable bonds is 7. The van der Waals surface area contributed by atoms with E-state index >= 15 is 0 Å². The van der Waals surface area contributed by atoms with Crippen LogP contribution in [0.2, 0.25) is 0 Å². The molecule has 3 fully saturated rings. The number of benzene rings is 2. The van der Waals surface area contributed by atoms with E-state index in [-0.39, 0.29) is 29.7 Å². The zero-order valence-corrected chi connectivity index (χ0v) is 27.3. The Morgan fingerprint density at radius 1 is 0.939 bits per heavy atom. The Kier molecular flexibility index (Phi) is 7.68. The van der Waals surface area contributed by atoms with Gasteiger partial charge in [-0.1, -0.05) is 11.8 Å². The minimum Gasteiger partial charge on any atom is -0.496 e. The lowest BCUT2D eigenvalue weighted by Gasteiger charge is -2.37. The summed E-state index contributed by atoms with van der Waals surface area (Å²) in [6, 6.07) is 11.0. The normalized spacial score (nSPS) is 19.3. The molecule has 0 spiro atoms. The van der Waals surface area contributed by atoms with Gasteiger partial charge in [0.05, 0.1) is 25.2 Å². The first-order valence-corrected chi connectivity index (χ1v) is 16.6. The summed E-state index contributed by atoms with van der Waals surface area (Å²) in [4.78, 5) is 60.8. The molecule has 2 aromatic heterocycles. The van der Waals surface area contributed by atoms with Gasteiger partial charge in [0.15, 0.2) is 0 Å². The maximum atomic E-state index is 13.0. The molecule has 0 radical (unpaired) electrons. The van der Waals surface area contributed by atoms with Crippen LogP contribution in [0.4, 0.5) is 0 Å². The van der Waals surface area contributed by atoms with Crippen LogP contribution >= 0.6 is 0 Å². The first-order valence-electron chi connectivity index (χ1n) is 16.6. The van der Waals surface area contributed by atoms with Gasteiger partial charge >= 0.3 is 0 Å². The number of nitrogens with one attached hydrogen (secondary N) is 2. The number of likely N-dealkylation sites (tertiary alicyclic amines) is 1. The standard InChI is InChI=1S/C38H35N5O6/c1-48-33-12-24(28-15-40-36(45)29-16-39-31(14-27(28)29)23-6-7-23)13-34(49-2)30(33)20-42-17-22(18-42)4-3-21-5-8-26-25(11-21)19-43(38(26)47)32-9-10-35(44)41-37(32)46/h5,8,11-16,22-23,32H,6-7,9-10,17-20H2,1-2H3,(H,40,45)(H,41,44,46). The minimum absolute atomic E-state index is 0.165. The lowest BCUT2D eigenvalue weighted by atomic mass is 9.96. The van der Waals surface area contributed by atoms with E-state index in [1.807, 2.05) is 30.3 Å². The van der Waals surface area contributed by atoms with E-state index in [9.17, 15) is 19.2 Å². The number of aromatic amines is 1. The Morgan fingerprint density at radius 3 is 2.43 bits per heavy atom. The highest BCUT2D eigenvalue weighted by molar-refractivity contribution is 6.05. The molecule has 1 atom stereocenters. The quantitative estimate of drug-likeness (QED) is 0.227. The van der Waals surface area contributed by atoms with Gasteiger partial charge < -0.3 is 19.4 Å². The molecular formula is C38H35N5O6. The molecule has 1 saturated carbocycles. The number of aromatic nitrogens is 2. The second-order valence-electron chi connectivity index (χ2n) is 13.3. The number of methoxy groups -OCH3 is 2. The number of fused-ring (bicyclic) bond motifs is 2. The van der Waals surface area contributed by atoms with E-state index in [4.69, 9.17) is 9.47 Å². The van der Waals surface area contributed by atoms with Crippen LogP contribution in [0.1, 0.15) is 64.3 Å². The average Bonchev–Trinajstić information content (AvgIpc) is 3.89. The number of amides is 3. The number of nitrogens with zero attached hydrogens (tertiary/aromatic N) is 3. The van der Waals surface area contributed by atoms with Crippen LogP contribution in [-0.4, -0.2) is 70.8 Å². The number of imide groups is 1. The van der Waals surface area contributed by atoms with Gasteiger partial charge in [-0.15, -0.1) is 0 Å². The lowest BCUT2D eigenvalue weighted by Crippen LogP contribution is -2.52. The highest BCUT2D eigenvalue weighted by atomic mass is 16.5. The van der Waals surface area contributed by atoms with Crippen molar-refractivity contribution in [3.05, 3.63) is 87.1 Å². The van der Waals surface area contributed by atoms with Crippen LogP contribution in [0.3, 0.4) is 0 Å². The fourth-order valence-corrected chi connectivity index (χ4v) is 7.16. The number of pyridine rings is 2. The highest BCUT2D eigenvalue weighted by Crippen LogP contribution is 2.42. The number of carbonyl (C=O) groups excluding carboxylic acids is 3. The van der Waals surface area contributed by atoms with Crippen LogP contribution in [0, 0.1) is 17.8 Å². The number of carbonyl (C=O) groups is 3. The van der Waals surface area contributed by atoms with Crippen molar-refractivity contribution in [3.8, 4) is 34.5 Å². The van der Waals surface area contributed by atoms with Gasteiger partial charge in [-0.3, -0.25) is 34.4 Å². The van der Waals surface area contributed by atoms with Gasteiger partial charge in [-0.2, -0.15) is 0 Å². The highest BCUT2D eigenvalue weighted by Gasteiger charge is 2.39. The molecule has 3 aliphatic heterocycles. The molecule has 5 heterocycles. The zero-order valence-electron chi connectivity index (χ0n) is 27.3. The van der Waals surface area contributed by atoms with Crippen molar-refractivity contribution in [2.75, 3.05) is 27.3 Å². The third-order valence-corrected chi connectivity index (χ3v) is 10.0. The first-order chi connectivity index (χ1) is 23.8. The third-order valence-electron chi connectivity index (χ3n) is 10.0. The molecule has 11 heteroatoms. The number of hydrogen-bond acceptors (Lipinski definition) is 8. The fourth-order valence-electron chi connectivity index (χ4n) is 7.16. The Bertz CT molecular complexity index is 2150. The van der Waals surface area contributed by atoms with E-state index in [1.54, 1.807) is 37.6 Å². The summed E-state index contributed by atoms with van der Waals surface area (Å²) in [5, 5.41) is 3.76. The molecule has 3 amide bonds. The SMILES string of the molecule is COc1cc(-c2c[nH]c(=O)c3cnc(C4CC4)cc23)cc(OC)c1CN1CC(C#Cc2ccc3c(c2)CN(C2CCC(=O)NC2=O)C3=O)C1. The van der Waals surface area contributed by atoms with E-state index in [1.165, 1.54) is 0 Å². The van der Waals surface area contributed by atoms with Crippen molar-refractivity contribution in [2.24, 2.45) is 5.92 Å². The first kappa shape index (κ1) is 30.8.